The van der Waals surface area contributed by atoms with Gasteiger partial charge in [-0.25, -0.2) is 9.69 Å². The molecule has 0 radical (unpaired) electrons. The van der Waals surface area contributed by atoms with E-state index < -0.39 is 17.4 Å². The molecule has 7 nitrogen and oxygen atoms in total. The van der Waals surface area contributed by atoms with Crippen LogP contribution in [-0.4, -0.2) is 46.8 Å². The topological polar surface area (TPSA) is 82.6 Å². The van der Waals surface area contributed by atoms with Crippen molar-refractivity contribution in [2.24, 2.45) is 0 Å². The standard InChI is InChI=1S/C18H15F3N4O3S/c1-22-16(27)14-8-11(6-7-23-14)9-24-10-15(26)25(17(24)28)12-2-4-13(5-3-12)29-18(19,20)21/h2-8H,9-10H2,1H3,(H,22,27). The van der Waals surface area contributed by atoms with E-state index in [1.807, 2.05) is 0 Å². The molecule has 2 heterocycles. The second-order valence-electron chi connectivity index (χ2n) is 6.04. The molecule has 1 N–H and O–H groups in total. The van der Waals surface area contributed by atoms with E-state index in [1.165, 1.54) is 48.5 Å². The summed E-state index contributed by atoms with van der Waals surface area (Å²) in [6.07, 6.45) is 1.43. The first-order chi connectivity index (χ1) is 13.7. The van der Waals surface area contributed by atoms with E-state index in [-0.39, 0.29) is 47.0 Å². The number of halogens is 3. The van der Waals surface area contributed by atoms with Gasteiger partial charge in [-0.2, -0.15) is 13.2 Å². The molecule has 1 aromatic carbocycles. The zero-order valence-electron chi connectivity index (χ0n) is 15.1. The lowest BCUT2D eigenvalue weighted by Crippen LogP contribution is -2.32. The molecule has 11 heteroatoms. The van der Waals surface area contributed by atoms with Crippen LogP contribution < -0.4 is 10.2 Å². The van der Waals surface area contributed by atoms with Crippen LogP contribution in [0.1, 0.15) is 16.1 Å². The number of urea groups is 1. The molecule has 1 aromatic heterocycles. The minimum absolute atomic E-state index is 0.0456. The minimum atomic E-state index is -4.42. The van der Waals surface area contributed by atoms with Gasteiger partial charge in [0.25, 0.3) is 11.8 Å². The summed E-state index contributed by atoms with van der Waals surface area (Å²) in [6.45, 7) is -0.106. The second-order valence-corrected chi connectivity index (χ2v) is 7.18. The Hall–Kier alpha value is -3.08. The first-order valence-corrected chi connectivity index (χ1v) is 9.14. The number of benzene rings is 1. The lowest BCUT2D eigenvalue weighted by Gasteiger charge is -2.17. The van der Waals surface area contributed by atoms with Gasteiger partial charge < -0.3 is 10.2 Å². The van der Waals surface area contributed by atoms with Crippen LogP contribution in [0.2, 0.25) is 0 Å². The average molecular weight is 424 g/mol. The summed E-state index contributed by atoms with van der Waals surface area (Å²) >= 11 is -0.276. The van der Waals surface area contributed by atoms with Crippen LogP contribution in [0, 0.1) is 0 Å². The number of carbonyl (C=O) groups excluding carboxylic acids is 3. The number of pyridine rings is 1. The number of imide groups is 1. The summed E-state index contributed by atoms with van der Waals surface area (Å²) in [7, 11) is 1.47. The molecule has 0 saturated carbocycles. The van der Waals surface area contributed by atoms with E-state index in [1.54, 1.807) is 6.07 Å². The van der Waals surface area contributed by atoms with Crippen LogP contribution in [0.3, 0.4) is 0 Å². The van der Waals surface area contributed by atoms with Crippen LogP contribution in [0.15, 0.2) is 47.5 Å². The highest BCUT2D eigenvalue weighted by atomic mass is 32.2. The van der Waals surface area contributed by atoms with Gasteiger partial charge in [0.2, 0.25) is 0 Å². The second kappa shape index (κ2) is 8.11. The highest BCUT2D eigenvalue weighted by molar-refractivity contribution is 8.00. The summed E-state index contributed by atoms with van der Waals surface area (Å²) in [4.78, 5) is 42.8. The van der Waals surface area contributed by atoms with Crippen molar-refractivity contribution in [2.75, 3.05) is 18.5 Å². The maximum atomic E-state index is 12.7. The van der Waals surface area contributed by atoms with Crippen molar-refractivity contribution in [3.05, 3.63) is 53.9 Å². The van der Waals surface area contributed by atoms with Crippen molar-refractivity contribution in [1.82, 2.24) is 15.2 Å². The fourth-order valence-corrected chi connectivity index (χ4v) is 3.31. The molecular weight excluding hydrogens is 409 g/mol. The normalized spacial score (nSPS) is 14.5. The molecule has 2 aromatic rings. The van der Waals surface area contributed by atoms with E-state index >= 15 is 0 Å². The number of nitrogens with zero attached hydrogens (tertiary/aromatic N) is 3. The molecule has 152 valence electrons. The van der Waals surface area contributed by atoms with Gasteiger partial charge in [0, 0.05) is 24.7 Å². The SMILES string of the molecule is CNC(=O)c1cc(CN2CC(=O)N(c3ccc(SC(F)(F)F)cc3)C2=O)ccn1. The van der Waals surface area contributed by atoms with Gasteiger partial charge >= 0.3 is 11.5 Å². The largest absolute Gasteiger partial charge is 0.446 e. The Labute approximate surface area is 167 Å². The summed E-state index contributed by atoms with van der Waals surface area (Å²) in [6, 6.07) is 7.54. The number of carbonyl (C=O) groups is 3. The zero-order chi connectivity index (χ0) is 21.2. The smallest absolute Gasteiger partial charge is 0.354 e. The Balaban J connectivity index is 1.74. The highest BCUT2D eigenvalue weighted by Gasteiger charge is 2.37. The number of hydrogen-bond acceptors (Lipinski definition) is 5. The van der Waals surface area contributed by atoms with Crippen molar-refractivity contribution >= 4 is 35.3 Å². The summed E-state index contributed by atoms with van der Waals surface area (Å²) < 4.78 is 37.3. The third kappa shape index (κ3) is 4.86. The average Bonchev–Trinajstić information content (AvgIpc) is 2.94. The van der Waals surface area contributed by atoms with Crippen LogP contribution in [-0.2, 0) is 11.3 Å². The molecule has 29 heavy (non-hydrogen) atoms. The Morgan fingerprint density at radius 2 is 1.90 bits per heavy atom. The molecule has 1 saturated heterocycles. The van der Waals surface area contributed by atoms with Crippen molar-refractivity contribution in [3.8, 4) is 0 Å². The van der Waals surface area contributed by atoms with Gasteiger partial charge in [-0.3, -0.25) is 14.6 Å². The highest BCUT2D eigenvalue weighted by Crippen LogP contribution is 2.37. The van der Waals surface area contributed by atoms with Crippen molar-refractivity contribution in [2.45, 2.75) is 16.9 Å². The number of amides is 4. The van der Waals surface area contributed by atoms with Gasteiger partial charge in [-0.15, -0.1) is 0 Å². The number of alkyl halides is 3. The third-order valence-electron chi connectivity index (χ3n) is 4.02. The predicted octanol–water partition coefficient (Wildman–Crippen LogP) is 3.02. The van der Waals surface area contributed by atoms with E-state index in [0.717, 1.165) is 4.90 Å². The lowest BCUT2D eigenvalue weighted by molar-refractivity contribution is -0.116. The van der Waals surface area contributed by atoms with Crippen LogP contribution in [0.4, 0.5) is 23.7 Å². The number of nitrogens with one attached hydrogen (secondary N) is 1. The summed E-state index contributed by atoms with van der Waals surface area (Å²) in [5.74, 6) is -0.874. The Morgan fingerprint density at radius 1 is 1.21 bits per heavy atom. The monoisotopic (exact) mass is 424 g/mol. The van der Waals surface area contributed by atoms with Crippen molar-refractivity contribution in [1.29, 1.82) is 0 Å². The molecule has 0 atom stereocenters. The number of rotatable bonds is 5. The van der Waals surface area contributed by atoms with Gasteiger partial charge in [0.1, 0.15) is 12.2 Å². The molecule has 0 aliphatic carbocycles. The van der Waals surface area contributed by atoms with Crippen molar-refractivity contribution < 1.29 is 27.6 Å². The first-order valence-electron chi connectivity index (χ1n) is 8.32. The quantitative estimate of drug-likeness (QED) is 0.589. The maximum absolute atomic E-state index is 12.7. The fourth-order valence-electron chi connectivity index (χ4n) is 2.77. The Morgan fingerprint density at radius 3 is 2.52 bits per heavy atom. The number of hydrogen-bond donors (Lipinski definition) is 1. The predicted molar refractivity (Wildman–Crippen MR) is 99.3 cm³/mol. The molecule has 0 bridgehead atoms. The molecule has 0 spiro atoms. The van der Waals surface area contributed by atoms with Crippen molar-refractivity contribution in [3.63, 3.8) is 0 Å². The minimum Gasteiger partial charge on any atom is -0.354 e. The Kier molecular flexibility index (Phi) is 5.78. The van der Waals surface area contributed by atoms with E-state index in [2.05, 4.69) is 10.3 Å². The van der Waals surface area contributed by atoms with Gasteiger partial charge in [0.05, 0.1) is 5.69 Å². The van der Waals surface area contributed by atoms with Gasteiger partial charge in [-0.1, -0.05) is 0 Å². The lowest BCUT2D eigenvalue weighted by atomic mass is 10.2. The molecular formula is C18H15F3N4O3S. The summed E-state index contributed by atoms with van der Waals surface area (Å²) in [5, 5.41) is 2.45. The zero-order valence-corrected chi connectivity index (χ0v) is 15.9. The number of anilines is 1. The van der Waals surface area contributed by atoms with Crippen LogP contribution >= 0.6 is 11.8 Å². The van der Waals surface area contributed by atoms with E-state index in [0.29, 0.717) is 5.56 Å². The van der Waals surface area contributed by atoms with Gasteiger partial charge in [-0.05, 0) is 53.7 Å². The molecule has 1 aliphatic heterocycles. The van der Waals surface area contributed by atoms with E-state index in [9.17, 15) is 27.6 Å². The summed E-state index contributed by atoms with van der Waals surface area (Å²) in [5.41, 5.74) is -3.44. The molecule has 0 unspecified atom stereocenters. The molecule has 3 rings (SSSR count). The third-order valence-corrected chi connectivity index (χ3v) is 4.76. The number of thioether (sulfide) groups is 1. The van der Waals surface area contributed by atoms with E-state index in [4.69, 9.17) is 0 Å². The number of aromatic nitrogens is 1. The van der Waals surface area contributed by atoms with Gasteiger partial charge in [0.15, 0.2) is 0 Å². The van der Waals surface area contributed by atoms with Crippen LogP contribution in [0.5, 0.6) is 0 Å². The maximum Gasteiger partial charge on any atom is 0.446 e. The molecule has 1 fully saturated rings. The van der Waals surface area contributed by atoms with Crippen LogP contribution in [0.25, 0.3) is 0 Å². The molecule has 1 aliphatic rings. The first kappa shape index (κ1) is 20.6. The Bertz CT molecular complexity index is 950. The fraction of sp³-hybridized carbons (Fsp3) is 0.222. The molecule has 4 amide bonds.